The van der Waals surface area contributed by atoms with Gasteiger partial charge in [-0.1, -0.05) is 0 Å². The Morgan fingerprint density at radius 1 is 1.36 bits per heavy atom. The first-order valence-electron chi connectivity index (χ1n) is 7.25. The molecule has 0 atom stereocenters. The molecule has 3 nitrogen and oxygen atoms in total. The van der Waals surface area contributed by atoms with Crippen LogP contribution >= 0.6 is 23.1 Å². The molecule has 1 saturated carbocycles. The molecule has 0 saturated heterocycles. The minimum absolute atomic E-state index is 0.103. The van der Waals surface area contributed by atoms with E-state index in [1.54, 1.807) is 35.2 Å². The smallest absolute Gasteiger partial charge is 0.230 e. The standard InChI is InChI=1S/C16H17FN2OS2/c17-13-5-3-12(4-6-13)16-19-14(9-22-16)8-21-10-15(20)18-7-11-1-2-11/h3-6,9,11H,1-2,7-8,10H2,(H,18,20). The predicted molar refractivity (Wildman–Crippen MR) is 89.4 cm³/mol. The van der Waals surface area contributed by atoms with Gasteiger partial charge in [0.25, 0.3) is 0 Å². The monoisotopic (exact) mass is 336 g/mol. The summed E-state index contributed by atoms with van der Waals surface area (Å²) in [6.07, 6.45) is 2.50. The molecule has 2 aromatic rings. The molecule has 1 aliphatic rings. The van der Waals surface area contributed by atoms with Crippen molar-refractivity contribution in [2.24, 2.45) is 5.92 Å². The Bertz CT molecular complexity index is 638. The summed E-state index contributed by atoms with van der Waals surface area (Å²) < 4.78 is 12.9. The predicted octanol–water partition coefficient (Wildman–Crippen LogP) is 3.71. The molecule has 1 fully saturated rings. The fourth-order valence-electron chi connectivity index (χ4n) is 1.98. The number of halogens is 1. The number of benzene rings is 1. The lowest BCUT2D eigenvalue weighted by Gasteiger charge is -2.02. The van der Waals surface area contributed by atoms with Crippen molar-refractivity contribution in [1.29, 1.82) is 0 Å². The van der Waals surface area contributed by atoms with Crippen LogP contribution in [-0.2, 0) is 10.5 Å². The second-order valence-electron chi connectivity index (χ2n) is 5.39. The van der Waals surface area contributed by atoms with Crippen molar-refractivity contribution in [3.63, 3.8) is 0 Å². The van der Waals surface area contributed by atoms with Gasteiger partial charge in [-0.15, -0.1) is 23.1 Å². The molecule has 0 bridgehead atoms. The SMILES string of the molecule is O=C(CSCc1csc(-c2ccc(F)cc2)n1)NCC1CC1. The van der Waals surface area contributed by atoms with Crippen LogP contribution < -0.4 is 5.32 Å². The maximum Gasteiger partial charge on any atom is 0.230 e. The molecular weight excluding hydrogens is 319 g/mol. The van der Waals surface area contributed by atoms with Crippen molar-refractivity contribution in [3.05, 3.63) is 41.2 Å². The van der Waals surface area contributed by atoms with Crippen LogP contribution in [0, 0.1) is 11.7 Å². The molecule has 116 valence electrons. The van der Waals surface area contributed by atoms with Crippen LogP contribution in [0.2, 0.25) is 0 Å². The lowest BCUT2D eigenvalue weighted by molar-refractivity contribution is -0.118. The summed E-state index contributed by atoms with van der Waals surface area (Å²) in [6.45, 7) is 0.824. The molecule has 1 aliphatic carbocycles. The molecule has 0 radical (unpaired) electrons. The number of hydrogen-bond donors (Lipinski definition) is 1. The number of amides is 1. The van der Waals surface area contributed by atoms with Crippen LogP contribution in [0.3, 0.4) is 0 Å². The second-order valence-corrected chi connectivity index (χ2v) is 7.23. The van der Waals surface area contributed by atoms with E-state index < -0.39 is 0 Å². The average Bonchev–Trinajstić information content (AvgIpc) is 3.24. The van der Waals surface area contributed by atoms with Gasteiger partial charge in [0.1, 0.15) is 10.8 Å². The van der Waals surface area contributed by atoms with Gasteiger partial charge in [-0.25, -0.2) is 9.37 Å². The molecule has 3 rings (SSSR count). The van der Waals surface area contributed by atoms with Crippen molar-refractivity contribution < 1.29 is 9.18 Å². The minimum Gasteiger partial charge on any atom is -0.355 e. The van der Waals surface area contributed by atoms with E-state index in [1.807, 2.05) is 5.38 Å². The first kappa shape index (κ1) is 15.5. The van der Waals surface area contributed by atoms with Crippen LogP contribution in [-0.4, -0.2) is 23.2 Å². The van der Waals surface area contributed by atoms with Crippen molar-refractivity contribution in [2.45, 2.75) is 18.6 Å². The molecule has 1 heterocycles. The van der Waals surface area contributed by atoms with E-state index in [-0.39, 0.29) is 11.7 Å². The number of nitrogens with zero attached hydrogens (tertiary/aromatic N) is 1. The normalized spacial score (nSPS) is 14.0. The molecule has 1 N–H and O–H groups in total. The highest BCUT2D eigenvalue weighted by atomic mass is 32.2. The Kier molecular flexibility index (Phi) is 5.10. The van der Waals surface area contributed by atoms with E-state index in [9.17, 15) is 9.18 Å². The van der Waals surface area contributed by atoms with Gasteiger partial charge in [-0.3, -0.25) is 4.79 Å². The lowest BCUT2D eigenvalue weighted by Crippen LogP contribution is -2.27. The first-order chi connectivity index (χ1) is 10.7. The highest BCUT2D eigenvalue weighted by Crippen LogP contribution is 2.28. The number of nitrogens with one attached hydrogen (secondary N) is 1. The lowest BCUT2D eigenvalue weighted by atomic mass is 10.2. The Hall–Kier alpha value is -1.40. The van der Waals surface area contributed by atoms with Crippen LogP contribution in [0.25, 0.3) is 10.6 Å². The summed E-state index contributed by atoms with van der Waals surface area (Å²) >= 11 is 3.11. The van der Waals surface area contributed by atoms with E-state index in [4.69, 9.17) is 0 Å². The van der Waals surface area contributed by atoms with Crippen LogP contribution in [0.5, 0.6) is 0 Å². The fourth-order valence-corrected chi connectivity index (χ4v) is 3.66. The number of thioether (sulfide) groups is 1. The van der Waals surface area contributed by atoms with E-state index in [2.05, 4.69) is 10.3 Å². The zero-order valence-corrected chi connectivity index (χ0v) is 13.7. The first-order valence-corrected chi connectivity index (χ1v) is 9.29. The van der Waals surface area contributed by atoms with Gasteiger partial charge in [-0.2, -0.15) is 0 Å². The van der Waals surface area contributed by atoms with Crippen molar-refractivity contribution in [3.8, 4) is 10.6 Å². The quantitative estimate of drug-likeness (QED) is 0.838. The number of hydrogen-bond acceptors (Lipinski definition) is 4. The molecule has 1 amide bonds. The summed E-state index contributed by atoms with van der Waals surface area (Å²) in [5.41, 5.74) is 1.88. The summed E-state index contributed by atoms with van der Waals surface area (Å²) in [4.78, 5) is 16.2. The van der Waals surface area contributed by atoms with Gasteiger partial charge in [0.2, 0.25) is 5.91 Å². The molecule has 6 heteroatoms. The van der Waals surface area contributed by atoms with Crippen molar-refractivity contribution in [2.75, 3.05) is 12.3 Å². The number of carbonyl (C=O) groups excluding carboxylic acids is 1. The summed E-state index contributed by atoms with van der Waals surface area (Å²) in [5, 5.41) is 5.83. The zero-order valence-electron chi connectivity index (χ0n) is 12.0. The molecular formula is C16H17FN2OS2. The van der Waals surface area contributed by atoms with Crippen molar-refractivity contribution in [1.82, 2.24) is 10.3 Å². The summed E-state index contributed by atoms with van der Waals surface area (Å²) in [5.74, 6) is 1.76. The number of thiazole rings is 1. The van der Waals surface area contributed by atoms with Crippen LogP contribution in [0.4, 0.5) is 4.39 Å². The highest BCUT2D eigenvalue weighted by molar-refractivity contribution is 7.99. The van der Waals surface area contributed by atoms with Gasteiger partial charge >= 0.3 is 0 Å². The Balaban J connectivity index is 1.45. The molecule has 1 aromatic carbocycles. The Morgan fingerprint density at radius 2 is 2.14 bits per heavy atom. The van der Waals surface area contributed by atoms with Crippen molar-refractivity contribution >= 4 is 29.0 Å². The van der Waals surface area contributed by atoms with E-state index in [1.165, 1.54) is 25.0 Å². The number of carbonyl (C=O) groups is 1. The van der Waals surface area contributed by atoms with Gasteiger partial charge in [0.05, 0.1) is 11.4 Å². The molecule has 22 heavy (non-hydrogen) atoms. The summed E-state index contributed by atoms with van der Waals surface area (Å²) in [7, 11) is 0. The molecule has 0 spiro atoms. The van der Waals surface area contributed by atoms with Gasteiger partial charge in [0, 0.05) is 23.2 Å². The molecule has 0 unspecified atom stereocenters. The highest BCUT2D eigenvalue weighted by Gasteiger charge is 2.21. The molecule has 1 aromatic heterocycles. The van der Waals surface area contributed by atoms with E-state index >= 15 is 0 Å². The average molecular weight is 336 g/mol. The van der Waals surface area contributed by atoms with E-state index in [0.29, 0.717) is 17.4 Å². The third kappa shape index (κ3) is 4.55. The van der Waals surface area contributed by atoms with Crippen LogP contribution in [0.1, 0.15) is 18.5 Å². The molecule has 0 aliphatic heterocycles. The van der Waals surface area contributed by atoms with Gasteiger partial charge in [0.15, 0.2) is 0 Å². The topological polar surface area (TPSA) is 42.0 Å². The fraction of sp³-hybridized carbons (Fsp3) is 0.375. The summed E-state index contributed by atoms with van der Waals surface area (Å²) in [6, 6.07) is 6.34. The third-order valence-corrected chi connectivity index (χ3v) is 5.32. The second kappa shape index (κ2) is 7.24. The van der Waals surface area contributed by atoms with E-state index in [0.717, 1.165) is 22.8 Å². The Labute approximate surface area is 137 Å². The van der Waals surface area contributed by atoms with Crippen LogP contribution in [0.15, 0.2) is 29.6 Å². The third-order valence-electron chi connectivity index (χ3n) is 3.41. The Morgan fingerprint density at radius 3 is 2.86 bits per heavy atom. The zero-order chi connectivity index (χ0) is 15.4. The largest absolute Gasteiger partial charge is 0.355 e. The number of rotatable bonds is 7. The number of aromatic nitrogens is 1. The maximum absolute atomic E-state index is 12.9. The minimum atomic E-state index is -0.242. The van der Waals surface area contributed by atoms with Gasteiger partial charge in [-0.05, 0) is 43.0 Å². The van der Waals surface area contributed by atoms with Gasteiger partial charge < -0.3 is 5.32 Å². The maximum atomic E-state index is 12.9.